The Morgan fingerprint density at radius 2 is 1.48 bits per heavy atom. The van der Waals surface area contributed by atoms with Crippen molar-refractivity contribution in [2.45, 2.75) is 25.7 Å². The van der Waals surface area contributed by atoms with Gasteiger partial charge in [0.1, 0.15) is 5.75 Å². The second-order valence-corrected chi connectivity index (χ2v) is 13.6. The van der Waals surface area contributed by atoms with Gasteiger partial charge in [-0.15, -0.1) is 0 Å². The first kappa shape index (κ1) is 31.3. The highest BCUT2D eigenvalue weighted by Gasteiger charge is 2.57. The number of Topliss-reactive ketones (excluding diaryl/α,β-unsaturated/α-hetero) is 1. The third-order valence-electron chi connectivity index (χ3n) is 10.6. The molecule has 0 aromatic heterocycles. The summed E-state index contributed by atoms with van der Waals surface area (Å²) in [7, 11) is 3.93. The van der Waals surface area contributed by atoms with Gasteiger partial charge >= 0.3 is 0 Å². The number of amides is 2. The van der Waals surface area contributed by atoms with Crippen molar-refractivity contribution in [1.82, 2.24) is 0 Å². The standard InChI is InChI=1S/C41H34N4O5/c1-22-20-34(47)37-32(39(22)48)21-31-29(38(37)36-28-7-5-4-6-23(28)8-19-33(36)46)17-18-30-35(31)41(50)45(40(30)49)27-15-11-25(12-16-27)43-42-24-9-13-26(14-10-24)44(2)3/h4-17,19-20,30-31,35,38,46H,18,21H2,1-3H3. The molecular formula is C41H34N4O5. The number of fused-ring (bicyclic) bond motifs is 4. The molecule has 0 saturated carbocycles. The van der Waals surface area contributed by atoms with Crippen LogP contribution in [-0.2, 0) is 19.2 Å². The number of phenolic OH excluding ortho intramolecular Hbond substituents is 1. The quantitative estimate of drug-likeness (QED) is 0.101. The Kier molecular flexibility index (Phi) is 7.44. The van der Waals surface area contributed by atoms with Crippen LogP contribution in [0.15, 0.2) is 130 Å². The van der Waals surface area contributed by atoms with Crippen molar-refractivity contribution in [3.63, 3.8) is 0 Å². The topological polar surface area (TPSA) is 120 Å². The number of carbonyl (C=O) groups excluding carboxylic acids is 4. The number of rotatable bonds is 5. The maximum atomic E-state index is 14.4. The number of carbonyl (C=O) groups is 4. The Hall–Kier alpha value is -5.96. The molecule has 4 unspecified atom stereocenters. The summed E-state index contributed by atoms with van der Waals surface area (Å²) >= 11 is 0. The first-order valence-corrected chi connectivity index (χ1v) is 16.7. The fraction of sp³-hybridized carbons (Fsp3) is 0.220. The van der Waals surface area contributed by atoms with Crippen LogP contribution < -0.4 is 9.80 Å². The van der Waals surface area contributed by atoms with Crippen LogP contribution in [-0.4, -0.2) is 42.6 Å². The number of anilines is 2. The van der Waals surface area contributed by atoms with Gasteiger partial charge < -0.3 is 10.0 Å². The number of aromatic hydroxyl groups is 1. The predicted molar refractivity (Wildman–Crippen MR) is 191 cm³/mol. The van der Waals surface area contributed by atoms with Gasteiger partial charge in [-0.2, -0.15) is 10.2 Å². The third-order valence-corrected chi connectivity index (χ3v) is 10.6. The van der Waals surface area contributed by atoms with E-state index in [0.29, 0.717) is 45.8 Å². The van der Waals surface area contributed by atoms with E-state index in [1.807, 2.05) is 79.7 Å². The largest absolute Gasteiger partial charge is 0.508 e. The molecule has 0 spiro atoms. The zero-order valence-corrected chi connectivity index (χ0v) is 27.8. The predicted octanol–water partition coefficient (Wildman–Crippen LogP) is 7.66. The average Bonchev–Trinajstić information content (AvgIpc) is 3.38. The highest BCUT2D eigenvalue weighted by Crippen LogP contribution is 2.57. The number of imide groups is 1. The van der Waals surface area contributed by atoms with Crippen molar-refractivity contribution >= 4 is 56.9 Å². The number of hydrogen-bond acceptors (Lipinski definition) is 8. The smallest absolute Gasteiger partial charge is 0.238 e. The van der Waals surface area contributed by atoms with Gasteiger partial charge in [0.2, 0.25) is 11.8 Å². The van der Waals surface area contributed by atoms with Gasteiger partial charge in [0.05, 0.1) is 28.9 Å². The van der Waals surface area contributed by atoms with Gasteiger partial charge in [-0.05, 0) is 97.1 Å². The summed E-state index contributed by atoms with van der Waals surface area (Å²) in [6, 6.07) is 25.5. The lowest BCUT2D eigenvalue weighted by atomic mass is 9.59. The zero-order chi connectivity index (χ0) is 34.8. The molecule has 1 N–H and O–H groups in total. The molecule has 248 valence electrons. The van der Waals surface area contributed by atoms with Crippen LogP contribution in [0.25, 0.3) is 10.8 Å². The summed E-state index contributed by atoms with van der Waals surface area (Å²) < 4.78 is 0. The van der Waals surface area contributed by atoms with Crippen LogP contribution in [0.5, 0.6) is 5.75 Å². The number of azo groups is 1. The molecule has 8 rings (SSSR count). The summed E-state index contributed by atoms with van der Waals surface area (Å²) in [5, 5.41) is 21.7. The summed E-state index contributed by atoms with van der Waals surface area (Å²) in [5.74, 6) is -3.72. The summed E-state index contributed by atoms with van der Waals surface area (Å²) in [4.78, 5) is 59.0. The second kappa shape index (κ2) is 11.9. The maximum Gasteiger partial charge on any atom is 0.238 e. The fourth-order valence-electron chi connectivity index (χ4n) is 8.16. The molecule has 9 nitrogen and oxygen atoms in total. The molecular weight excluding hydrogens is 628 g/mol. The minimum Gasteiger partial charge on any atom is -0.508 e. The molecule has 0 bridgehead atoms. The molecule has 4 atom stereocenters. The van der Waals surface area contributed by atoms with Crippen LogP contribution in [0.3, 0.4) is 0 Å². The molecule has 9 heteroatoms. The Labute approximate surface area is 288 Å². The van der Waals surface area contributed by atoms with Crippen molar-refractivity contribution in [1.29, 1.82) is 0 Å². The summed E-state index contributed by atoms with van der Waals surface area (Å²) in [6.07, 6.45) is 3.81. The fourth-order valence-corrected chi connectivity index (χ4v) is 8.16. The van der Waals surface area contributed by atoms with Crippen molar-refractivity contribution in [3.8, 4) is 5.75 Å². The van der Waals surface area contributed by atoms with Crippen LogP contribution >= 0.6 is 0 Å². The van der Waals surface area contributed by atoms with Crippen molar-refractivity contribution < 1.29 is 24.3 Å². The number of hydrogen-bond donors (Lipinski definition) is 1. The van der Waals surface area contributed by atoms with E-state index in [4.69, 9.17) is 0 Å². The zero-order valence-electron chi connectivity index (χ0n) is 27.8. The van der Waals surface area contributed by atoms with Gasteiger partial charge in [0.15, 0.2) is 11.6 Å². The monoisotopic (exact) mass is 662 g/mol. The Bertz CT molecular complexity index is 2260. The molecule has 4 aromatic rings. The number of nitrogens with zero attached hydrogens (tertiary/aromatic N) is 4. The lowest BCUT2D eigenvalue weighted by Gasteiger charge is -2.42. The molecule has 3 aliphatic carbocycles. The van der Waals surface area contributed by atoms with E-state index < -0.39 is 23.7 Å². The van der Waals surface area contributed by atoms with E-state index in [1.54, 1.807) is 37.3 Å². The van der Waals surface area contributed by atoms with Gasteiger partial charge in [0.25, 0.3) is 0 Å². The molecule has 1 aliphatic heterocycles. The van der Waals surface area contributed by atoms with E-state index >= 15 is 0 Å². The van der Waals surface area contributed by atoms with Gasteiger partial charge in [-0.1, -0.05) is 42.0 Å². The van der Waals surface area contributed by atoms with Crippen molar-refractivity contribution in [2.75, 3.05) is 23.9 Å². The van der Waals surface area contributed by atoms with E-state index in [2.05, 4.69) is 10.2 Å². The normalized spacial score (nSPS) is 23.2. The minimum atomic E-state index is -0.739. The first-order chi connectivity index (χ1) is 24.1. The van der Waals surface area contributed by atoms with Gasteiger partial charge in [0, 0.05) is 48.0 Å². The van der Waals surface area contributed by atoms with E-state index in [0.717, 1.165) is 22.0 Å². The number of phenols is 1. The molecule has 4 aromatic carbocycles. The maximum absolute atomic E-state index is 14.4. The number of ketones is 2. The van der Waals surface area contributed by atoms with Crippen LogP contribution in [0, 0.1) is 17.8 Å². The van der Waals surface area contributed by atoms with E-state index in [-0.39, 0.29) is 35.6 Å². The summed E-state index contributed by atoms with van der Waals surface area (Å²) in [6.45, 7) is 1.62. The average molecular weight is 663 g/mol. The van der Waals surface area contributed by atoms with Crippen LogP contribution in [0.1, 0.15) is 31.2 Å². The Morgan fingerprint density at radius 1 is 0.800 bits per heavy atom. The SMILES string of the molecule is CC1=CC(=O)C2=C(CC3C(=CCC4C(=O)N(c5ccc(N=Nc6ccc(N(C)C)cc6)cc5)C(=O)C43)C2c2c(O)ccc3ccccc23)C1=O. The van der Waals surface area contributed by atoms with Crippen LogP contribution in [0.2, 0.25) is 0 Å². The van der Waals surface area contributed by atoms with Crippen molar-refractivity contribution in [2.24, 2.45) is 28.0 Å². The van der Waals surface area contributed by atoms with Crippen LogP contribution in [0.4, 0.5) is 22.7 Å². The molecule has 1 saturated heterocycles. The lowest BCUT2D eigenvalue weighted by molar-refractivity contribution is -0.123. The molecule has 0 radical (unpaired) electrons. The van der Waals surface area contributed by atoms with E-state index in [1.165, 1.54) is 11.0 Å². The number of allylic oxidation sites excluding steroid dienone is 6. The molecule has 2 amide bonds. The highest BCUT2D eigenvalue weighted by atomic mass is 16.3. The van der Waals surface area contributed by atoms with Gasteiger partial charge in [-0.3, -0.25) is 24.1 Å². The lowest BCUT2D eigenvalue weighted by Crippen LogP contribution is -2.39. The first-order valence-electron chi connectivity index (χ1n) is 16.7. The second-order valence-electron chi connectivity index (χ2n) is 13.6. The molecule has 50 heavy (non-hydrogen) atoms. The minimum absolute atomic E-state index is 0.00835. The highest BCUT2D eigenvalue weighted by molar-refractivity contribution is 6.25. The summed E-state index contributed by atoms with van der Waals surface area (Å²) in [5.41, 5.74) is 5.13. The number of benzene rings is 4. The molecule has 1 heterocycles. The Balaban J connectivity index is 1.14. The van der Waals surface area contributed by atoms with E-state index in [9.17, 15) is 24.3 Å². The third kappa shape index (κ3) is 4.91. The molecule has 4 aliphatic rings. The van der Waals surface area contributed by atoms with Crippen molar-refractivity contribution in [3.05, 3.63) is 125 Å². The molecule has 1 fully saturated rings. The Morgan fingerprint density at radius 3 is 2.18 bits per heavy atom. The van der Waals surface area contributed by atoms with Gasteiger partial charge in [-0.25, -0.2) is 0 Å².